The Morgan fingerprint density at radius 1 is 0.718 bits per heavy atom. The van der Waals surface area contributed by atoms with Crippen molar-refractivity contribution in [3.8, 4) is 5.75 Å². The van der Waals surface area contributed by atoms with Gasteiger partial charge in [-0.2, -0.15) is 0 Å². The number of halogens is 1. The van der Waals surface area contributed by atoms with Crippen LogP contribution in [0.5, 0.6) is 5.75 Å². The number of aromatic amines is 1. The number of rotatable bonds is 17. The Labute approximate surface area is 466 Å². The minimum absolute atomic E-state index is 0. The number of phenolic OH excluding ortho intramolecular Hbond substituents is 1. The van der Waals surface area contributed by atoms with Crippen molar-refractivity contribution in [2.24, 2.45) is 23.1 Å². The van der Waals surface area contributed by atoms with E-state index >= 15 is 0 Å². The van der Waals surface area contributed by atoms with E-state index in [1.165, 1.54) is 19.1 Å². The highest BCUT2D eigenvalue weighted by molar-refractivity contribution is 8.76. The molecule has 8 amide bonds. The number of H-pyrrole nitrogens is 1. The third-order valence-electron chi connectivity index (χ3n) is 13.1. The lowest BCUT2D eigenvalue weighted by Gasteiger charge is -2.29. The van der Waals surface area contributed by atoms with Gasteiger partial charge in [0.05, 0.1) is 12.1 Å². The molecule has 9 atom stereocenters. The number of aliphatic hydroxyl groups is 1. The maximum absolute atomic E-state index is 14.9. The lowest BCUT2D eigenvalue weighted by Crippen LogP contribution is -2.62. The van der Waals surface area contributed by atoms with E-state index in [1.807, 2.05) is 66.7 Å². The summed E-state index contributed by atoms with van der Waals surface area (Å²) in [7, 11) is 2.03. The van der Waals surface area contributed by atoms with Crippen LogP contribution in [0.3, 0.4) is 0 Å². The number of aromatic hydroxyl groups is 1. The first kappa shape index (κ1) is 62.0. The third-order valence-corrected chi connectivity index (χ3v) is 15.5. The molecule has 6 rings (SSSR count). The van der Waals surface area contributed by atoms with Crippen LogP contribution in [0.1, 0.15) is 56.7 Å². The van der Waals surface area contributed by atoms with Gasteiger partial charge in [0.15, 0.2) is 0 Å². The fourth-order valence-electron chi connectivity index (χ4n) is 8.71. The van der Waals surface area contributed by atoms with E-state index in [9.17, 15) is 48.6 Å². The van der Waals surface area contributed by atoms with Crippen LogP contribution in [0.2, 0.25) is 0 Å². The van der Waals surface area contributed by atoms with Gasteiger partial charge in [-0.1, -0.05) is 108 Å². The summed E-state index contributed by atoms with van der Waals surface area (Å²) >= 11 is 0. The molecule has 1 fully saturated rings. The molecule has 1 aliphatic rings. The average Bonchev–Trinajstić information content (AvgIpc) is 3.81. The van der Waals surface area contributed by atoms with E-state index < -0.39 is 108 Å². The first-order valence-corrected chi connectivity index (χ1v) is 27.9. The number of carbonyl (C=O) groups is 8. The van der Waals surface area contributed by atoms with Crippen LogP contribution in [-0.2, 0) is 57.6 Å². The molecule has 16 N–H and O–H groups in total. The summed E-state index contributed by atoms with van der Waals surface area (Å²) in [5, 5.41) is 42.1. The van der Waals surface area contributed by atoms with Crippen molar-refractivity contribution >= 4 is 103 Å². The van der Waals surface area contributed by atoms with Gasteiger partial charge in [-0.3, -0.25) is 38.4 Å². The van der Waals surface area contributed by atoms with Gasteiger partial charge >= 0.3 is 0 Å². The van der Waals surface area contributed by atoms with Gasteiger partial charge in [0.25, 0.3) is 0 Å². The molecule has 78 heavy (non-hydrogen) atoms. The Hall–Kier alpha value is -6.89. The summed E-state index contributed by atoms with van der Waals surface area (Å²) in [5.41, 5.74) is 20.5. The summed E-state index contributed by atoms with van der Waals surface area (Å²) in [5.74, 6) is -7.66. The molecule has 21 nitrogen and oxygen atoms in total. The third kappa shape index (κ3) is 17.6. The van der Waals surface area contributed by atoms with Crippen molar-refractivity contribution in [3.63, 3.8) is 0 Å². The fourth-order valence-corrected chi connectivity index (χ4v) is 11.0. The van der Waals surface area contributed by atoms with Crippen LogP contribution in [0.15, 0.2) is 97.2 Å². The SMILES string of the molecule is CC(C)[C@@H]1NC(=O)[C@H](CCCCN)NC(=O)[C@@H](Cc2c[nH]c3ccccc23)NC(=O)[C@H](Cc2ccc(O)cc2)NC(=O)[C@@H](NC(=O)[C@H](N)Cc2ccc3ccccc3c2)CSSC[C@@H](C(=O)N[C@H](C(N)=O)[C@@H](C)O)NC1=O.Cl. The minimum Gasteiger partial charge on any atom is -0.508 e. The predicted octanol–water partition coefficient (Wildman–Crippen LogP) is 1.24. The van der Waals surface area contributed by atoms with Gasteiger partial charge in [0.2, 0.25) is 47.3 Å². The van der Waals surface area contributed by atoms with Gasteiger partial charge in [-0.25, -0.2) is 0 Å². The Balaban J connectivity index is 0.0000112. The van der Waals surface area contributed by atoms with Crippen molar-refractivity contribution in [3.05, 3.63) is 114 Å². The van der Waals surface area contributed by atoms with Gasteiger partial charge in [0.1, 0.15) is 48.0 Å². The normalized spacial score (nSPS) is 21.3. The zero-order chi connectivity index (χ0) is 55.8. The standard InChI is InChI=1S/C54H69N11O10S2.ClH/c1-29(2)45-54(75)63-44(53(74)65-46(30(3)66)47(57)68)28-77-76-27-43(62-48(69)38(56)23-32-15-18-33-10-4-5-11-34(33)22-32)52(73)60-41(24-31-16-19-36(67)20-17-31)50(71)61-42(25-35-26-58-39-13-7-6-12-37(35)39)51(72)59-40(49(70)64-45)14-8-9-21-55;/h4-7,10-13,15-20,22,26,29-30,38,40-46,58,66-67H,8-9,14,21,23-25,27-28,55-56H2,1-3H3,(H2,57,68)(H,59,72)(H,60,73)(H,61,71)(H,62,69)(H,63,75)(H,64,70)(H,65,74);1H/t30-,38-,40+,41+,42-,43+,44+,45+,46+;/m1./s1. The number of hydrogen-bond donors (Lipinski definition) is 13. The molecule has 1 saturated heterocycles. The van der Waals surface area contributed by atoms with Crippen LogP contribution < -0.4 is 54.4 Å². The molecule has 0 spiro atoms. The van der Waals surface area contributed by atoms with Crippen LogP contribution in [-0.4, -0.2) is 135 Å². The molecule has 2 heterocycles. The Morgan fingerprint density at radius 2 is 1.33 bits per heavy atom. The zero-order valence-electron chi connectivity index (χ0n) is 43.5. The highest BCUT2D eigenvalue weighted by Gasteiger charge is 2.36. The predicted molar refractivity (Wildman–Crippen MR) is 304 cm³/mol. The average molecular weight is 1130 g/mol. The summed E-state index contributed by atoms with van der Waals surface area (Å²) < 4.78 is 0. The highest BCUT2D eigenvalue weighted by atomic mass is 35.5. The number of primary amides is 1. The van der Waals surface area contributed by atoms with E-state index in [0.717, 1.165) is 48.8 Å². The lowest BCUT2D eigenvalue weighted by atomic mass is 10.00. The number of benzene rings is 4. The molecule has 0 bridgehead atoms. The van der Waals surface area contributed by atoms with Crippen LogP contribution in [0.4, 0.5) is 0 Å². The van der Waals surface area contributed by atoms with Gasteiger partial charge in [-0.05, 0) is 90.7 Å². The number of nitrogens with two attached hydrogens (primary N) is 3. The van der Waals surface area contributed by atoms with Crippen molar-refractivity contribution in [1.29, 1.82) is 0 Å². The maximum Gasteiger partial charge on any atom is 0.244 e. The molecule has 0 radical (unpaired) electrons. The van der Waals surface area contributed by atoms with E-state index in [4.69, 9.17) is 17.2 Å². The molecule has 24 heteroatoms. The number of aliphatic hydroxyl groups excluding tert-OH is 1. The zero-order valence-corrected chi connectivity index (χ0v) is 45.9. The van der Waals surface area contributed by atoms with E-state index in [-0.39, 0.29) is 61.9 Å². The molecule has 1 aromatic heterocycles. The quantitative estimate of drug-likeness (QED) is 0.0461. The number of nitrogens with one attached hydrogen (secondary N) is 8. The molecule has 420 valence electrons. The maximum atomic E-state index is 14.9. The van der Waals surface area contributed by atoms with Crippen LogP contribution in [0.25, 0.3) is 21.7 Å². The van der Waals surface area contributed by atoms with E-state index in [1.54, 1.807) is 32.2 Å². The number of carbonyl (C=O) groups excluding carboxylic acids is 8. The molecule has 4 aromatic carbocycles. The van der Waals surface area contributed by atoms with Gasteiger partial charge < -0.3 is 69.6 Å². The smallest absolute Gasteiger partial charge is 0.244 e. The van der Waals surface area contributed by atoms with Crippen LogP contribution >= 0.6 is 34.0 Å². The van der Waals surface area contributed by atoms with E-state index in [0.29, 0.717) is 24.0 Å². The Kier molecular flexibility index (Phi) is 23.6. The largest absolute Gasteiger partial charge is 0.508 e. The molecule has 1 aliphatic heterocycles. The second-order valence-electron chi connectivity index (χ2n) is 19.4. The van der Waals surface area contributed by atoms with Crippen molar-refractivity contribution < 1.29 is 48.6 Å². The Morgan fingerprint density at radius 3 is 2.01 bits per heavy atom. The number of para-hydroxylation sites is 1. The topological polar surface area (TPSA) is 355 Å². The van der Waals surface area contributed by atoms with Gasteiger partial charge in [-0.15, -0.1) is 12.4 Å². The number of phenols is 1. The highest BCUT2D eigenvalue weighted by Crippen LogP contribution is 2.25. The summed E-state index contributed by atoms with van der Waals surface area (Å²) in [4.78, 5) is 116. The van der Waals surface area contributed by atoms with Crippen molar-refractivity contribution in [1.82, 2.24) is 42.2 Å². The first-order valence-electron chi connectivity index (χ1n) is 25.4. The van der Waals surface area contributed by atoms with Crippen molar-refractivity contribution in [2.45, 2.75) is 114 Å². The number of amides is 8. The molecule has 5 aromatic rings. The van der Waals surface area contributed by atoms with Crippen molar-refractivity contribution in [2.75, 3.05) is 18.1 Å². The van der Waals surface area contributed by atoms with Gasteiger partial charge in [0, 0.05) is 41.4 Å². The monoisotopic (exact) mass is 1130 g/mol. The number of hydrogen-bond acceptors (Lipinski definition) is 14. The number of fused-ring (bicyclic) bond motifs is 2. The second kappa shape index (κ2) is 29.7. The fraction of sp³-hybridized carbons (Fsp3) is 0.407. The minimum atomic E-state index is -1.55. The lowest BCUT2D eigenvalue weighted by molar-refractivity contribution is -0.136. The molecule has 0 saturated carbocycles. The molecular formula is C54H70ClN11O10S2. The Bertz CT molecular complexity index is 2890. The number of unbranched alkanes of at least 4 members (excludes halogenated alkanes) is 1. The summed E-state index contributed by atoms with van der Waals surface area (Å²) in [6, 6.07) is 15.8. The van der Waals surface area contributed by atoms with Crippen LogP contribution in [0, 0.1) is 5.92 Å². The summed E-state index contributed by atoms with van der Waals surface area (Å²) in [6.07, 6.45) is 1.05. The number of aromatic nitrogens is 1. The van der Waals surface area contributed by atoms with E-state index in [2.05, 4.69) is 42.2 Å². The first-order chi connectivity index (χ1) is 36.8. The second-order valence-corrected chi connectivity index (χ2v) is 22.0. The molecule has 0 aliphatic carbocycles. The summed E-state index contributed by atoms with van der Waals surface area (Å²) in [6.45, 7) is 4.85. The molecular weight excluding hydrogens is 1060 g/mol. The molecule has 0 unspecified atom stereocenters.